The van der Waals surface area contributed by atoms with E-state index in [1.807, 2.05) is 0 Å². The Morgan fingerprint density at radius 2 is 0.873 bits per heavy atom. The first kappa shape index (κ1) is 54.1. The van der Waals surface area contributed by atoms with Crippen molar-refractivity contribution >= 4 is 6.09 Å². The largest absolute Gasteiger partial charge is 0.441 e. The molecule has 330 valence electrons. The summed E-state index contributed by atoms with van der Waals surface area (Å²) >= 11 is 0. The number of carbonyl (C=O) groups excluding carboxylic acids is 1. The van der Waals surface area contributed by atoms with Gasteiger partial charge in [0.2, 0.25) is 0 Å². The normalized spacial score (nSPS) is 13.1. The molecule has 0 heterocycles. The van der Waals surface area contributed by atoms with Crippen molar-refractivity contribution in [1.82, 2.24) is 5.32 Å². The van der Waals surface area contributed by atoms with Gasteiger partial charge in [-0.15, -0.1) is 0 Å². The van der Waals surface area contributed by atoms with E-state index < -0.39 is 12.2 Å². The number of unbranched alkanes of at least 4 members (excludes halogenated alkanes) is 26. The van der Waals surface area contributed by atoms with Gasteiger partial charge in [0, 0.05) is 26.9 Å². The van der Waals surface area contributed by atoms with E-state index in [1.54, 1.807) is 7.11 Å². The summed E-state index contributed by atoms with van der Waals surface area (Å²) in [5.74, 6) is 0. The number of hydrogen-bond donors (Lipinski definition) is 1. The van der Waals surface area contributed by atoms with E-state index >= 15 is 0 Å². The first-order chi connectivity index (χ1) is 26.7. The van der Waals surface area contributed by atoms with Gasteiger partial charge >= 0.3 is 6.09 Å². The van der Waals surface area contributed by atoms with Crippen LogP contribution in [-0.4, -0.2) is 70.1 Å². The predicted octanol–water partition coefficient (Wildman–Crippen LogP) is 14.5. The minimum Gasteiger partial charge on any atom is -0.441 e. The highest BCUT2D eigenvalue weighted by molar-refractivity contribution is 5.67. The van der Waals surface area contributed by atoms with Gasteiger partial charge in [0.25, 0.3) is 0 Å². The molecule has 0 saturated heterocycles. The molecule has 1 N–H and O–H groups in total. The molecule has 0 aromatic carbocycles. The van der Waals surface area contributed by atoms with Crippen LogP contribution in [-0.2, 0) is 23.7 Å². The zero-order valence-corrected chi connectivity index (χ0v) is 38.2. The first-order valence-electron chi connectivity index (χ1n) is 24.0. The Balaban J connectivity index is 4.31. The monoisotopic (exact) mass is 784 g/mol. The number of alkyl carbamates (subject to hydrolysis) is 1. The number of nitrogens with one attached hydrogen (secondary N) is 1. The topological polar surface area (TPSA) is 75.3 Å². The quantitative estimate of drug-likeness (QED) is 0.0620. The summed E-state index contributed by atoms with van der Waals surface area (Å²) in [4.78, 5) is 12.8. The standard InChI is InChI=1S/C48H97NO6/c1-8-11-13-15-17-19-21-23-25-27-29-31-33-35-40-52-43-45(44-53-41-36-34-32-30-28-26-24-22-20-18-16-14-12-9-2)55-46(50)49-39-37-47(4,5)54-42-38-48(6,10-3)51-7/h45H,8-44H2,1-7H3,(H,49,50). The highest BCUT2D eigenvalue weighted by Crippen LogP contribution is 2.22. The molecule has 1 amide bonds. The second-order valence-corrected chi connectivity index (χ2v) is 17.4. The molecular formula is C48H97NO6. The fourth-order valence-corrected chi connectivity index (χ4v) is 7.04. The third kappa shape index (κ3) is 38.4. The summed E-state index contributed by atoms with van der Waals surface area (Å²) in [6.45, 7) is 16.2. The summed E-state index contributed by atoms with van der Waals surface area (Å²) in [6, 6.07) is 0. The molecule has 0 radical (unpaired) electrons. The third-order valence-electron chi connectivity index (χ3n) is 11.5. The summed E-state index contributed by atoms with van der Waals surface area (Å²) in [5.41, 5.74) is -0.529. The fraction of sp³-hybridized carbons (Fsp3) is 0.979. The van der Waals surface area contributed by atoms with E-state index in [9.17, 15) is 4.79 Å². The van der Waals surface area contributed by atoms with Crippen LogP contribution in [0.2, 0.25) is 0 Å². The molecule has 0 rings (SSSR count). The maximum Gasteiger partial charge on any atom is 0.407 e. The van der Waals surface area contributed by atoms with Crippen LogP contribution in [0.1, 0.15) is 241 Å². The van der Waals surface area contributed by atoms with Gasteiger partial charge in [-0.1, -0.05) is 188 Å². The summed E-state index contributed by atoms with van der Waals surface area (Å²) in [5, 5.41) is 2.93. The van der Waals surface area contributed by atoms with Crippen molar-refractivity contribution < 1.29 is 28.5 Å². The number of hydrogen-bond acceptors (Lipinski definition) is 6. The summed E-state index contributed by atoms with van der Waals surface area (Å²) in [7, 11) is 1.76. The minimum atomic E-state index is -0.418. The Labute approximate surface area is 343 Å². The zero-order valence-electron chi connectivity index (χ0n) is 38.2. The Kier molecular flexibility index (Phi) is 39.3. The number of rotatable bonds is 44. The highest BCUT2D eigenvalue weighted by Gasteiger charge is 2.24. The zero-order chi connectivity index (χ0) is 40.6. The van der Waals surface area contributed by atoms with E-state index in [0.29, 0.717) is 46.0 Å². The smallest absolute Gasteiger partial charge is 0.407 e. The Bertz CT molecular complexity index is 752. The Morgan fingerprint density at radius 3 is 1.22 bits per heavy atom. The summed E-state index contributed by atoms with van der Waals surface area (Å²) < 4.78 is 29.7. The van der Waals surface area contributed by atoms with Crippen LogP contribution >= 0.6 is 0 Å². The third-order valence-corrected chi connectivity index (χ3v) is 11.5. The van der Waals surface area contributed by atoms with E-state index in [-0.39, 0.29) is 11.2 Å². The molecule has 0 aromatic rings. The van der Waals surface area contributed by atoms with Crippen molar-refractivity contribution in [3.63, 3.8) is 0 Å². The van der Waals surface area contributed by atoms with Crippen LogP contribution < -0.4 is 5.32 Å². The molecule has 7 nitrogen and oxygen atoms in total. The van der Waals surface area contributed by atoms with E-state index in [1.165, 1.54) is 167 Å². The van der Waals surface area contributed by atoms with Gasteiger partial charge in [-0.3, -0.25) is 0 Å². The maximum absolute atomic E-state index is 12.8. The highest BCUT2D eigenvalue weighted by atomic mass is 16.6. The van der Waals surface area contributed by atoms with Crippen molar-refractivity contribution in [1.29, 1.82) is 0 Å². The lowest BCUT2D eigenvalue weighted by molar-refractivity contribution is -0.0684. The molecule has 55 heavy (non-hydrogen) atoms. The van der Waals surface area contributed by atoms with Crippen LogP contribution in [0.25, 0.3) is 0 Å². The van der Waals surface area contributed by atoms with Crippen LogP contribution in [0.4, 0.5) is 4.79 Å². The second-order valence-electron chi connectivity index (χ2n) is 17.4. The molecule has 0 saturated carbocycles. The van der Waals surface area contributed by atoms with Gasteiger partial charge < -0.3 is 29.0 Å². The van der Waals surface area contributed by atoms with Gasteiger partial charge in [0.15, 0.2) is 6.10 Å². The number of methoxy groups -OCH3 is 1. The molecule has 0 aliphatic carbocycles. The Hall–Kier alpha value is -0.890. The van der Waals surface area contributed by atoms with Crippen molar-refractivity contribution in [2.45, 2.75) is 258 Å². The molecule has 0 aromatic heterocycles. The average Bonchev–Trinajstić information content (AvgIpc) is 3.17. The van der Waals surface area contributed by atoms with Gasteiger partial charge in [0.05, 0.1) is 31.0 Å². The molecular weight excluding hydrogens is 687 g/mol. The number of ether oxygens (including phenoxy) is 5. The van der Waals surface area contributed by atoms with Gasteiger partial charge in [-0.2, -0.15) is 0 Å². The molecule has 0 bridgehead atoms. The molecule has 1 atom stereocenters. The van der Waals surface area contributed by atoms with E-state index in [4.69, 9.17) is 23.7 Å². The number of carbonyl (C=O) groups is 1. The van der Waals surface area contributed by atoms with Crippen molar-refractivity contribution in [2.75, 3.05) is 46.7 Å². The van der Waals surface area contributed by atoms with E-state index in [0.717, 1.165) is 25.7 Å². The second kappa shape index (κ2) is 39.9. The molecule has 0 fully saturated rings. The maximum atomic E-state index is 12.8. The SMILES string of the molecule is CCCCCCCCCCCCCCCCOCC(COCCCCCCCCCCCCCCCC)OC(=O)NCCC(C)(C)OCCC(C)(CC)OC. The first-order valence-corrected chi connectivity index (χ1v) is 24.0. The fourth-order valence-electron chi connectivity index (χ4n) is 7.04. The predicted molar refractivity (Wildman–Crippen MR) is 236 cm³/mol. The molecule has 7 heteroatoms. The van der Waals surface area contributed by atoms with Crippen molar-refractivity contribution in [2.24, 2.45) is 0 Å². The minimum absolute atomic E-state index is 0.171. The lowest BCUT2D eigenvalue weighted by Gasteiger charge is -2.30. The number of amides is 1. The van der Waals surface area contributed by atoms with Gasteiger partial charge in [0.1, 0.15) is 0 Å². The van der Waals surface area contributed by atoms with Crippen LogP contribution in [0.5, 0.6) is 0 Å². The molecule has 0 spiro atoms. The van der Waals surface area contributed by atoms with Crippen molar-refractivity contribution in [3.8, 4) is 0 Å². The lowest BCUT2D eigenvalue weighted by Crippen LogP contribution is -2.38. The molecule has 0 aliphatic rings. The van der Waals surface area contributed by atoms with Crippen LogP contribution in [0.3, 0.4) is 0 Å². The van der Waals surface area contributed by atoms with Gasteiger partial charge in [-0.05, 0) is 52.9 Å². The van der Waals surface area contributed by atoms with E-state index in [2.05, 4.69) is 46.9 Å². The van der Waals surface area contributed by atoms with Crippen LogP contribution in [0.15, 0.2) is 0 Å². The molecule has 0 aliphatic heterocycles. The lowest BCUT2D eigenvalue weighted by atomic mass is 9.99. The van der Waals surface area contributed by atoms with Crippen LogP contribution in [0, 0.1) is 0 Å². The summed E-state index contributed by atoms with van der Waals surface area (Å²) in [6.07, 6.45) is 39.2. The molecule has 1 unspecified atom stereocenters. The van der Waals surface area contributed by atoms with Gasteiger partial charge in [-0.25, -0.2) is 4.79 Å². The van der Waals surface area contributed by atoms with Crippen molar-refractivity contribution in [3.05, 3.63) is 0 Å². The average molecular weight is 784 g/mol. The Morgan fingerprint density at radius 1 is 0.509 bits per heavy atom.